The van der Waals surface area contributed by atoms with Crippen LogP contribution in [0.15, 0.2) is 11.6 Å². The monoisotopic (exact) mass is 306 g/mol. The van der Waals surface area contributed by atoms with Gasteiger partial charge in [0.05, 0.1) is 0 Å². The van der Waals surface area contributed by atoms with Crippen LogP contribution in [-0.4, -0.2) is 29.9 Å². The van der Waals surface area contributed by atoms with Gasteiger partial charge in [-0.05, 0) is 32.1 Å². The van der Waals surface area contributed by atoms with Crippen LogP contribution in [-0.2, 0) is 23.8 Å². The maximum atomic E-state index is 12.7. The molecule has 0 aromatic rings. The molecule has 0 aromatic carbocycles. The Labute approximate surface area is 130 Å². The Kier molecular flexibility index (Phi) is 2.55. The van der Waals surface area contributed by atoms with E-state index in [2.05, 4.69) is 19.9 Å². The standard InChI is InChI=1S/C17H22O5/c1-9-6-5-7-11-8-17(12(15(9,11)3)20-10(2)18)13(19)21-14-16(17,4)22-14/h7,9,12,14H,5-6,8H2,1-4H3/t9-,12-,14+,15+,16-,17+/m0/s1. The third kappa shape index (κ3) is 1.35. The molecule has 120 valence electrons. The van der Waals surface area contributed by atoms with E-state index in [1.165, 1.54) is 12.5 Å². The first-order valence-electron chi connectivity index (χ1n) is 8.02. The molecule has 3 fully saturated rings. The SMILES string of the molecule is CC(=O)O[C@H]1[C@@]2(C)C(=CCC[C@@H]2C)C[C@]12C(=O)O[C@@H]1O[C@@]12C. The molecule has 6 atom stereocenters. The lowest BCUT2D eigenvalue weighted by atomic mass is 9.64. The molecular formula is C17H22O5. The minimum atomic E-state index is -0.900. The molecule has 4 aliphatic rings. The Morgan fingerprint density at radius 1 is 1.41 bits per heavy atom. The van der Waals surface area contributed by atoms with Crippen molar-refractivity contribution in [2.24, 2.45) is 16.7 Å². The number of carbonyl (C=O) groups is 2. The van der Waals surface area contributed by atoms with Crippen LogP contribution in [0.3, 0.4) is 0 Å². The van der Waals surface area contributed by atoms with Gasteiger partial charge < -0.3 is 14.2 Å². The lowest BCUT2D eigenvalue weighted by molar-refractivity contribution is -0.182. The smallest absolute Gasteiger partial charge is 0.321 e. The lowest BCUT2D eigenvalue weighted by Gasteiger charge is -2.43. The zero-order valence-electron chi connectivity index (χ0n) is 13.5. The topological polar surface area (TPSA) is 65.1 Å². The first-order valence-corrected chi connectivity index (χ1v) is 8.02. The van der Waals surface area contributed by atoms with Crippen molar-refractivity contribution in [3.8, 4) is 0 Å². The van der Waals surface area contributed by atoms with Crippen LogP contribution in [0.5, 0.6) is 0 Å². The van der Waals surface area contributed by atoms with Gasteiger partial charge in [-0.1, -0.05) is 25.5 Å². The number of fused-ring (bicyclic) bond motifs is 3. The van der Waals surface area contributed by atoms with E-state index in [9.17, 15) is 9.59 Å². The van der Waals surface area contributed by atoms with Crippen molar-refractivity contribution in [2.75, 3.05) is 0 Å². The molecule has 0 aromatic heterocycles. The summed E-state index contributed by atoms with van der Waals surface area (Å²) >= 11 is 0. The molecule has 2 aliphatic carbocycles. The number of esters is 2. The summed E-state index contributed by atoms with van der Waals surface area (Å²) in [5.41, 5.74) is -0.688. The highest BCUT2D eigenvalue weighted by molar-refractivity contribution is 5.86. The van der Waals surface area contributed by atoms with E-state index < -0.39 is 23.4 Å². The van der Waals surface area contributed by atoms with Gasteiger partial charge in [-0.25, -0.2) is 0 Å². The summed E-state index contributed by atoms with van der Waals surface area (Å²) in [5, 5.41) is 0. The Morgan fingerprint density at radius 2 is 2.14 bits per heavy atom. The normalized spacial score (nSPS) is 51.9. The van der Waals surface area contributed by atoms with E-state index in [0.29, 0.717) is 12.3 Å². The molecular weight excluding hydrogens is 284 g/mol. The summed E-state index contributed by atoms with van der Waals surface area (Å²) in [6.45, 7) is 7.61. The van der Waals surface area contributed by atoms with Crippen LogP contribution in [0.1, 0.15) is 47.0 Å². The highest BCUT2D eigenvalue weighted by Crippen LogP contribution is 2.71. The number of rotatable bonds is 1. The van der Waals surface area contributed by atoms with Gasteiger partial charge >= 0.3 is 11.9 Å². The lowest BCUT2D eigenvalue weighted by Crippen LogP contribution is -2.53. The molecule has 0 bridgehead atoms. The molecule has 5 heteroatoms. The van der Waals surface area contributed by atoms with E-state index in [0.717, 1.165) is 12.8 Å². The van der Waals surface area contributed by atoms with Gasteiger partial charge in [-0.2, -0.15) is 0 Å². The number of allylic oxidation sites excluding steroid dienone is 1. The number of epoxide rings is 1. The van der Waals surface area contributed by atoms with Crippen molar-refractivity contribution in [1.29, 1.82) is 0 Å². The largest absolute Gasteiger partial charge is 0.460 e. The second-order valence-electron chi connectivity index (χ2n) is 7.59. The number of carbonyl (C=O) groups excluding carboxylic acids is 2. The van der Waals surface area contributed by atoms with Gasteiger partial charge in [0.15, 0.2) is 5.60 Å². The van der Waals surface area contributed by atoms with Gasteiger partial charge in [-0.15, -0.1) is 0 Å². The van der Waals surface area contributed by atoms with Crippen LogP contribution in [0.25, 0.3) is 0 Å². The molecule has 0 N–H and O–H groups in total. The van der Waals surface area contributed by atoms with Crippen LogP contribution in [0, 0.1) is 16.7 Å². The second-order valence-corrected chi connectivity index (χ2v) is 7.59. The summed E-state index contributed by atoms with van der Waals surface area (Å²) < 4.78 is 16.8. The molecule has 4 rings (SSSR count). The molecule has 2 saturated heterocycles. The molecule has 1 spiro atoms. The molecule has 0 unspecified atom stereocenters. The quantitative estimate of drug-likeness (QED) is 0.423. The first kappa shape index (κ1) is 14.2. The molecule has 1 saturated carbocycles. The van der Waals surface area contributed by atoms with Crippen molar-refractivity contribution in [1.82, 2.24) is 0 Å². The Morgan fingerprint density at radius 3 is 2.73 bits per heavy atom. The Hall–Kier alpha value is -1.36. The number of hydrogen-bond donors (Lipinski definition) is 0. The molecule has 2 heterocycles. The first-order chi connectivity index (χ1) is 10.3. The molecule has 22 heavy (non-hydrogen) atoms. The van der Waals surface area contributed by atoms with E-state index in [-0.39, 0.29) is 17.4 Å². The minimum absolute atomic E-state index is 0.277. The fraction of sp³-hybridized carbons (Fsp3) is 0.765. The summed E-state index contributed by atoms with van der Waals surface area (Å²) in [6, 6.07) is 0. The van der Waals surface area contributed by atoms with Crippen molar-refractivity contribution >= 4 is 11.9 Å². The molecule has 5 nitrogen and oxygen atoms in total. The molecule has 2 aliphatic heterocycles. The zero-order chi connectivity index (χ0) is 15.9. The number of hydrogen-bond acceptors (Lipinski definition) is 5. The maximum absolute atomic E-state index is 12.7. The summed E-state index contributed by atoms with van der Waals surface area (Å²) in [4.78, 5) is 24.5. The van der Waals surface area contributed by atoms with Crippen molar-refractivity contribution in [3.05, 3.63) is 11.6 Å². The minimum Gasteiger partial charge on any atom is -0.460 e. The highest BCUT2D eigenvalue weighted by atomic mass is 16.8. The van der Waals surface area contributed by atoms with Crippen molar-refractivity contribution in [3.63, 3.8) is 0 Å². The fourth-order valence-electron chi connectivity index (χ4n) is 4.99. The summed E-state index contributed by atoms with van der Waals surface area (Å²) in [7, 11) is 0. The van der Waals surface area contributed by atoms with Crippen LogP contribution in [0.4, 0.5) is 0 Å². The van der Waals surface area contributed by atoms with Gasteiger partial charge in [0, 0.05) is 12.3 Å². The Bertz CT molecular complexity index is 610. The van der Waals surface area contributed by atoms with Crippen LogP contribution in [0.2, 0.25) is 0 Å². The van der Waals surface area contributed by atoms with E-state index in [1.807, 2.05) is 6.92 Å². The third-order valence-electron chi connectivity index (χ3n) is 6.66. The van der Waals surface area contributed by atoms with Crippen LogP contribution >= 0.6 is 0 Å². The highest BCUT2D eigenvalue weighted by Gasteiger charge is 2.85. The summed E-state index contributed by atoms with van der Waals surface area (Å²) in [5.74, 6) is -0.295. The number of ether oxygens (including phenoxy) is 3. The fourth-order valence-corrected chi connectivity index (χ4v) is 4.99. The predicted octanol–water partition coefficient (Wildman–Crippen LogP) is 2.34. The van der Waals surface area contributed by atoms with Gasteiger partial charge in [0.1, 0.15) is 11.5 Å². The van der Waals surface area contributed by atoms with Gasteiger partial charge in [-0.3, -0.25) is 9.59 Å². The molecule has 0 amide bonds. The second kappa shape index (κ2) is 3.94. The maximum Gasteiger partial charge on any atom is 0.321 e. The van der Waals surface area contributed by atoms with E-state index in [1.54, 1.807) is 0 Å². The van der Waals surface area contributed by atoms with Crippen molar-refractivity contribution in [2.45, 2.75) is 65.0 Å². The Balaban J connectivity index is 1.89. The summed E-state index contributed by atoms with van der Waals surface area (Å²) in [6.07, 6.45) is 3.81. The van der Waals surface area contributed by atoms with Crippen LogP contribution < -0.4 is 0 Å². The predicted molar refractivity (Wildman–Crippen MR) is 76.6 cm³/mol. The van der Waals surface area contributed by atoms with Gasteiger partial charge in [0.25, 0.3) is 0 Å². The van der Waals surface area contributed by atoms with Gasteiger partial charge in [0.2, 0.25) is 6.29 Å². The van der Waals surface area contributed by atoms with Crippen molar-refractivity contribution < 1.29 is 23.8 Å². The van der Waals surface area contributed by atoms with E-state index >= 15 is 0 Å². The van der Waals surface area contributed by atoms with E-state index in [4.69, 9.17) is 14.2 Å². The molecule has 0 radical (unpaired) electrons. The average molecular weight is 306 g/mol. The average Bonchev–Trinajstić information content (AvgIpc) is 2.93. The third-order valence-corrected chi connectivity index (χ3v) is 6.66. The zero-order valence-corrected chi connectivity index (χ0v) is 13.5.